The van der Waals surface area contributed by atoms with Gasteiger partial charge in [0.25, 0.3) is 5.56 Å². The van der Waals surface area contributed by atoms with Gasteiger partial charge in [-0.25, -0.2) is 4.39 Å². The third-order valence-corrected chi connectivity index (χ3v) is 5.28. The van der Waals surface area contributed by atoms with E-state index in [1.165, 1.54) is 6.07 Å². The SMILES string of the molecule is Cc1c(C(F)(F)F)cnn(-c2cc(Oc3ccccc3OCc3ccccc3)c([N+](=O)[O-])cc2F)c1=O. The number of benzene rings is 3. The first-order valence-corrected chi connectivity index (χ1v) is 10.6. The summed E-state index contributed by atoms with van der Waals surface area (Å²) in [5.41, 5.74) is -3.82. The summed E-state index contributed by atoms with van der Waals surface area (Å²) in [6, 6.07) is 16.7. The van der Waals surface area contributed by atoms with Gasteiger partial charge < -0.3 is 9.47 Å². The van der Waals surface area contributed by atoms with Crippen LogP contribution in [-0.2, 0) is 12.8 Å². The Bertz CT molecular complexity index is 1520. The Labute approximate surface area is 206 Å². The molecule has 0 aliphatic heterocycles. The fourth-order valence-electron chi connectivity index (χ4n) is 3.42. The highest BCUT2D eigenvalue weighted by molar-refractivity contribution is 5.56. The molecule has 0 fully saturated rings. The Kier molecular flexibility index (Phi) is 6.92. The van der Waals surface area contributed by atoms with Crippen molar-refractivity contribution in [1.29, 1.82) is 0 Å². The molecule has 4 rings (SSSR count). The maximum Gasteiger partial charge on any atom is 0.418 e. The number of rotatable bonds is 7. The van der Waals surface area contributed by atoms with Gasteiger partial charge in [0.2, 0.25) is 5.75 Å². The Hall–Kier alpha value is -4.74. The molecular weight excluding hydrogens is 498 g/mol. The lowest BCUT2D eigenvalue weighted by molar-refractivity contribution is -0.385. The molecule has 0 aliphatic rings. The van der Waals surface area contributed by atoms with Crippen LogP contribution in [0.25, 0.3) is 5.69 Å². The van der Waals surface area contributed by atoms with Gasteiger partial charge in [-0.05, 0) is 24.6 Å². The molecule has 1 heterocycles. The molecule has 8 nitrogen and oxygen atoms in total. The molecule has 0 bridgehead atoms. The highest BCUT2D eigenvalue weighted by atomic mass is 19.4. The molecule has 0 amide bonds. The molecule has 0 saturated heterocycles. The van der Waals surface area contributed by atoms with Gasteiger partial charge in [-0.3, -0.25) is 14.9 Å². The molecule has 1 aromatic heterocycles. The average Bonchev–Trinajstić information content (AvgIpc) is 2.86. The molecule has 4 aromatic rings. The van der Waals surface area contributed by atoms with Crippen LogP contribution in [0.4, 0.5) is 23.2 Å². The average molecular weight is 515 g/mol. The second kappa shape index (κ2) is 10.1. The minimum Gasteiger partial charge on any atom is -0.485 e. The molecule has 0 unspecified atom stereocenters. The number of nitrogens with zero attached hydrogens (tertiary/aromatic N) is 3. The third-order valence-electron chi connectivity index (χ3n) is 5.28. The van der Waals surface area contributed by atoms with Gasteiger partial charge in [0.05, 0.1) is 22.7 Å². The van der Waals surface area contributed by atoms with E-state index in [1.807, 2.05) is 30.3 Å². The zero-order valence-electron chi connectivity index (χ0n) is 19.0. The highest BCUT2D eigenvalue weighted by Crippen LogP contribution is 2.38. The summed E-state index contributed by atoms with van der Waals surface area (Å²) in [6.07, 6.45) is -4.47. The van der Waals surface area contributed by atoms with Crippen LogP contribution in [0.5, 0.6) is 17.2 Å². The zero-order chi connectivity index (χ0) is 26.7. The van der Waals surface area contributed by atoms with Crippen LogP contribution >= 0.6 is 0 Å². The van der Waals surface area contributed by atoms with Crippen LogP contribution in [0.1, 0.15) is 16.7 Å². The number of hydrogen-bond donors (Lipinski definition) is 0. The first kappa shape index (κ1) is 25.4. The van der Waals surface area contributed by atoms with Crippen LogP contribution in [-0.4, -0.2) is 14.7 Å². The predicted octanol–water partition coefficient (Wildman–Crippen LogP) is 5.98. The maximum atomic E-state index is 14.8. The third kappa shape index (κ3) is 5.42. The number of ether oxygens (including phenoxy) is 2. The van der Waals surface area contributed by atoms with E-state index in [4.69, 9.17) is 9.47 Å². The number of hydrogen-bond acceptors (Lipinski definition) is 6. The van der Waals surface area contributed by atoms with Crippen LogP contribution < -0.4 is 15.0 Å². The van der Waals surface area contributed by atoms with Crippen molar-refractivity contribution in [3.05, 3.63) is 116 Å². The van der Waals surface area contributed by atoms with Crippen molar-refractivity contribution >= 4 is 5.69 Å². The minimum absolute atomic E-state index is 0.0444. The van der Waals surface area contributed by atoms with E-state index in [9.17, 15) is 32.5 Å². The van der Waals surface area contributed by atoms with Crippen molar-refractivity contribution in [2.75, 3.05) is 0 Å². The second-order valence-electron chi connectivity index (χ2n) is 7.75. The smallest absolute Gasteiger partial charge is 0.418 e. The first-order chi connectivity index (χ1) is 17.6. The number of alkyl halides is 3. The van der Waals surface area contributed by atoms with Crippen molar-refractivity contribution in [3.63, 3.8) is 0 Å². The summed E-state index contributed by atoms with van der Waals surface area (Å²) < 4.78 is 66.1. The lowest BCUT2D eigenvalue weighted by Crippen LogP contribution is -2.28. The molecule has 0 N–H and O–H groups in total. The van der Waals surface area contributed by atoms with Crippen molar-refractivity contribution in [2.24, 2.45) is 0 Å². The molecule has 0 spiro atoms. The van der Waals surface area contributed by atoms with Gasteiger partial charge in [-0.1, -0.05) is 42.5 Å². The van der Waals surface area contributed by atoms with Gasteiger partial charge in [-0.15, -0.1) is 0 Å². The van der Waals surface area contributed by atoms with E-state index in [0.29, 0.717) is 16.9 Å². The number of para-hydroxylation sites is 2. The second-order valence-corrected chi connectivity index (χ2v) is 7.75. The summed E-state index contributed by atoms with van der Waals surface area (Å²) in [6.45, 7) is 1.08. The van der Waals surface area contributed by atoms with Gasteiger partial charge in [0, 0.05) is 11.6 Å². The Morgan fingerprint density at radius 1 is 1.00 bits per heavy atom. The molecule has 190 valence electrons. The quantitative estimate of drug-likeness (QED) is 0.171. The molecule has 3 aromatic carbocycles. The van der Waals surface area contributed by atoms with Crippen LogP contribution in [0.2, 0.25) is 0 Å². The van der Waals surface area contributed by atoms with E-state index in [0.717, 1.165) is 18.6 Å². The van der Waals surface area contributed by atoms with Gasteiger partial charge >= 0.3 is 11.9 Å². The standard InChI is InChI=1S/C25H17F4N3O5/c1-15-17(25(27,28)29)13-30-31(24(15)33)19-12-23(20(32(34)35)11-18(19)26)37-22-10-6-5-9-21(22)36-14-16-7-3-2-4-8-16/h2-13H,14H2,1H3. The summed E-state index contributed by atoms with van der Waals surface area (Å²) in [5, 5.41) is 15.0. The highest BCUT2D eigenvalue weighted by Gasteiger charge is 2.35. The first-order valence-electron chi connectivity index (χ1n) is 10.6. The number of halogens is 4. The van der Waals surface area contributed by atoms with E-state index in [1.54, 1.807) is 18.2 Å². The van der Waals surface area contributed by atoms with Crippen LogP contribution in [0.15, 0.2) is 77.7 Å². The van der Waals surface area contributed by atoms with Crippen molar-refractivity contribution in [2.45, 2.75) is 19.7 Å². The number of aromatic nitrogens is 2. The molecule has 12 heteroatoms. The van der Waals surface area contributed by atoms with Gasteiger partial charge in [0.15, 0.2) is 17.3 Å². The number of nitro groups is 1. The zero-order valence-corrected chi connectivity index (χ0v) is 19.0. The van der Waals surface area contributed by atoms with Crippen molar-refractivity contribution < 1.29 is 32.0 Å². The molecule has 37 heavy (non-hydrogen) atoms. The Balaban J connectivity index is 1.75. The molecule has 0 aliphatic carbocycles. The molecule has 0 saturated carbocycles. The largest absolute Gasteiger partial charge is 0.485 e. The minimum atomic E-state index is -4.85. The summed E-state index contributed by atoms with van der Waals surface area (Å²) in [5.74, 6) is -1.49. The van der Waals surface area contributed by atoms with Crippen molar-refractivity contribution in [3.8, 4) is 22.9 Å². The van der Waals surface area contributed by atoms with E-state index in [2.05, 4.69) is 5.10 Å². The maximum absolute atomic E-state index is 14.8. The lowest BCUT2D eigenvalue weighted by atomic mass is 10.2. The number of nitro benzene ring substituents is 1. The molecule has 0 radical (unpaired) electrons. The topological polar surface area (TPSA) is 96.5 Å². The lowest BCUT2D eigenvalue weighted by Gasteiger charge is -2.15. The monoisotopic (exact) mass is 515 g/mol. The van der Waals surface area contributed by atoms with E-state index in [-0.39, 0.29) is 18.1 Å². The normalized spacial score (nSPS) is 11.3. The van der Waals surface area contributed by atoms with Gasteiger partial charge in [-0.2, -0.15) is 23.0 Å². The molecule has 0 atom stereocenters. The van der Waals surface area contributed by atoms with Crippen molar-refractivity contribution in [1.82, 2.24) is 9.78 Å². The molecular formula is C25H17F4N3O5. The Morgan fingerprint density at radius 3 is 2.30 bits per heavy atom. The van der Waals surface area contributed by atoms with E-state index < -0.39 is 50.7 Å². The fourth-order valence-corrected chi connectivity index (χ4v) is 3.42. The van der Waals surface area contributed by atoms with E-state index >= 15 is 0 Å². The summed E-state index contributed by atoms with van der Waals surface area (Å²) in [7, 11) is 0. The Morgan fingerprint density at radius 2 is 1.65 bits per heavy atom. The van der Waals surface area contributed by atoms with Crippen LogP contribution in [0.3, 0.4) is 0 Å². The summed E-state index contributed by atoms with van der Waals surface area (Å²) >= 11 is 0. The summed E-state index contributed by atoms with van der Waals surface area (Å²) in [4.78, 5) is 23.3. The predicted molar refractivity (Wildman–Crippen MR) is 123 cm³/mol. The van der Waals surface area contributed by atoms with Gasteiger partial charge in [0.1, 0.15) is 12.3 Å². The van der Waals surface area contributed by atoms with Crippen LogP contribution in [0, 0.1) is 22.9 Å². The fraction of sp³-hybridized carbons (Fsp3) is 0.120.